The highest BCUT2D eigenvalue weighted by molar-refractivity contribution is 14.1. The van der Waals surface area contributed by atoms with Gasteiger partial charge in [0.2, 0.25) is 0 Å². The molecule has 0 saturated carbocycles. The Morgan fingerprint density at radius 3 is 2.65 bits per heavy atom. The molecule has 3 N–H and O–H groups in total. The van der Waals surface area contributed by atoms with Gasteiger partial charge in [-0.2, -0.15) is 0 Å². The number of esters is 1. The minimum absolute atomic E-state index is 0.277. The minimum Gasteiger partial charge on any atom is -0.452 e. The lowest BCUT2D eigenvalue weighted by Gasteiger charge is -2.24. The summed E-state index contributed by atoms with van der Waals surface area (Å²) in [6.45, 7) is 5.47. The summed E-state index contributed by atoms with van der Waals surface area (Å²) in [7, 11) is 0. The van der Waals surface area contributed by atoms with E-state index in [1.807, 2.05) is 20.8 Å². The average molecular weight is 390 g/mol. The molecule has 0 spiro atoms. The van der Waals surface area contributed by atoms with E-state index < -0.39 is 5.97 Å². The first-order chi connectivity index (χ1) is 9.25. The van der Waals surface area contributed by atoms with Gasteiger partial charge in [0.15, 0.2) is 6.61 Å². The third-order valence-corrected chi connectivity index (χ3v) is 3.60. The maximum absolute atomic E-state index is 11.9. The van der Waals surface area contributed by atoms with Gasteiger partial charge in [0, 0.05) is 14.8 Å². The number of benzene rings is 1. The molecule has 0 heterocycles. The van der Waals surface area contributed by atoms with Crippen molar-refractivity contribution in [3.63, 3.8) is 0 Å². The number of ether oxygens (including phenoxy) is 1. The van der Waals surface area contributed by atoms with Gasteiger partial charge in [0.1, 0.15) is 0 Å². The molecular formula is C14H19IN2O3. The Morgan fingerprint density at radius 2 is 2.05 bits per heavy atom. The van der Waals surface area contributed by atoms with Gasteiger partial charge in [-0.3, -0.25) is 4.79 Å². The summed E-state index contributed by atoms with van der Waals surface area (Å²) < 4.78 is 5.86. The van der Waals surface area contributed by atoms with Crippen molar-refractivity contribution in [2.24, 2.45) is 0 Å². The summed E-state index contributed by atoms with van der Waals surface area (Å²) in [6, 6.07) is 5.06. The lowest BCUT2D eigenvalue weighted by Crippen LogP contribution is -2.44. The lowest BCUT2D eigenvalue weighted by atomic mass is 10.0. The predicted octanol–water partition coefficient (Wildman–Crippen LogP) is 2.33. The summed E-state index contributed by atoms with van der Waals surface area (Å²) >= 11 is 2.08. The summed E-state index contributed by atoms with van der Waals surface area (Å²) in [5.41, 5.74) is 6.02. The number of halogens is 1. The molecule has 1 amide bonds. The molecule has 1 rings (SSSR count). The van der Waals surface area contributed by atoms with E-state index in [1.165, 1.54) is 0 Å². The number of amides is 1. The number of hydrogen-bond acceptors (Lipinski definition) is 4. The Labute approximate surface area is 132 Å². The van der Waals surface area contributed by atoms with Crippen molar-refractivity contribution in [1.82, 2.24) is 5.32 Å². The van der Waals surface area contributed by atoms with E-state index in [2.05, 4.69) is 27.9 Å². The number of nitrogen functional groups attached to an aromatic ring is 1. The molecule has 0 radical (unpaired) electrons. The first kappa shape index (κ1) is 16.7. The van der Waals surface area contributed by atoms with Gasteiger partial charge in [-0.05, 0) is 61.1 Å². The molecule has 6 heteroatoms. The third-order valence-electron chi connectivity index (χ3n) is 2.93. The highest BCUT2D eigenvalue weighted by Gasteiger charge is 2.19. The third kappa shape index (κ3) is 4.99. The fourth-order valence-corrected chi connectivity index (χ4v) is 1.91. The Kier molecular flexibility index (Phi) is 5.79. The molecule has 0 atom stereocenters. The zero-order valence-corrected chi connectivity index (χ0v) is 14.0. The number of hydrogen-bond donors (Lipinski definition) is 2. The largest absolute Gasteiger partial charge is 0.452 e. The number of anilines is 1. The summed E-state index contributed by atoms with van der Waals surface area (Å²) in [5, 5.41) is 2.79. The van der Waals surface area contributed by atoms with Crippen molar-refractivity contribution in [1.29, 1.82) is 0 Å². The highest BCUT2D eigenvalue weighted by atomic mass is 127. The molecule has 0 saturated heterocycles. The van der Waals surface area contributed by atoms with Crippen LogP contribution in [0.15, 0.2) is 18.2 Å². The van der Waals surface area contributed by atoms with Crippen molar-refractivity contribution >= 4 is 40.2 Å². The highest BCUT2D eigenvalue weighted by Crippen LogP contribution is 2.16. The quantitative estimate of drug-likeness (QED) is 0.460. The Bertz CT molecular complexity index is 515. The maximum atomic E-state index is 11.9. The zero-order chi connectivity index (χ0) is 15.3. The number of carbonyl (C=O) groups excluding carboxylic acids is 2. The summed E-state index contributed by atoms with van der Waals surface area (Å²) in [5.74, 6) is -0.917. The normalized spacial score (nSPS) is 11.0. The van der Waals surface area contributed by atoms with Gasteiger partial charge in [-0.1, -0.05) is 6.92 Å². The number of rotatable bonds is 5. The van der Waals surface area contributed by atoms with Gasteiger partial charge < -0.3 is 15.8 Å². The topological polar surface area (TPSA) is 81.4 Å². The standard InChI is InChI=1S/C14H19IN2O3/c1-4-14(2,3)17-12(18)8-20-13(19)10-7-9(15)5-6-11(10)16/h5-7H,4,8,16H2,1-3H3,(H,17,18). The second-order valence-electron chi connectivity index (χ2n) is 5.09. The number of nitrogens with one attached hydrogen (secondary N) is 1. The summed E-state index contributed by atoms with van der Waals surface area (Å²) in [4.78, 5) is 23.6. The average Bonchev–Trinajstić information content (AvgIpc) is 2.38. The van der Waals surface area contributed by atoms with Crippen LogP contribution in [0.25, 0.3) is 0 Å². The van der Waals surface area contributed by atoms with Gasteiger partial charge in [0.25, 0.3) is 5.91 Å². The van der Waals surface area contributed by atoms with Crippen molar-refractivity contribution in [3.05, 3.63) is 27.3 Å². The smallest absolute Gasteiger partial charge is 0.340 e. The van der Waals surface area contributed by atoms with Crippen molar-refractivity contribution in [2.45, 2.75) is 32.7 Å². The minimum atomic E-state index is -0.592. The van der Waals surface area contributed by atoms with Crippen LogP contribution in [0.4, 0.5) is 5.69 Å². The Hall–Kier alpha value is -1.31. The van der Waals surface area contributed by atoms with Gasteiger partial charge >= 0.3 is 5.97 Å². The summed E-state index contributed by atoms with van der Waals surface area (Å²) in [6.07, 6.45) is 0.788. The molecule has 0 fully saturated rings. The van der Waals surface area contributed by atoms with E-state index in [-0.39, 0.29) is 23.6 Å². The van der Waals surface area contributed by atoms with Crippen LogP contribution in [0.3, 0.4) is 0 Å². The molecule has 0 aliphatic rings. The molecule has 1 aromatic carbocycles. The molecule has 0 aliphatic heterocycles. The first-order valence-corrected chi connectivity index (χ1v) is 7.36. The Balaban J connectivity index is 2.60. The molecular weight excluding hydrogens is 371 g/mol. The van der Waals surface area contributed by atoms with Gasteiger partial charge in [-0.15, -0.1) is 0 Å². The molecule has 5 nitrogen and oxygen atoms in total. The van der Waals surface area contributed by atoms with E-state index in [1.54, 1.807) is 18.2 Å². The van der Waals surface area contributed by atoms with Crippen LogP contribution in [0.1, 0.15) is 37.6 Å². The van der Waals surface area contributed by atoms with Crippen LogP contribution < -0.4 is 11.1 Å². The molecule has 0 bridgehead atoms. The fourth-order valence-electron chi connectivity index (χ4n) is 1.42. The van der Waals surface area contributed by atoms with Crippen molar-refractivity contribution in [3.8, 4) is 0 Å². The van der Waals surface area contributed by atoms with E-state index >= 15 is 0 Å². The van der Waals surface area contributed by atoms with Crippen LogP contribution in [0.5, 0.6) is 0 Å². The maximum Gasteiger partial charge on any atom is 0.340 e. The zero-order valence-electron chi connectivity index (χ0n) is 11.8. The van der Waals surface area contributed by atoms with E-state index in [0.717, 1.165) is 9.99 Å². The molecule has 20 heavy (non-hydrogen) atoms. The van der Waals surface area contributed by atoms with Gasteiger partial charge in [0.05, 0.1) is 5.56 Å². The predicted molar refractivity (Wildman–Crippen MR) is 86.4 cm³/mol. The van der Waals surface area contributed by atoms with Gasteiger partial charge in [-0.25, -0.2) is 4.79 Å². The number of carbonyl (C=O) groups is 2. The van der Waals surface area contributed by atoms with E-state index in [0.29, 0.717) is 5.69 Å². The molecule has 110 valence electrons. The lowest BCUT2D eigenvalue weighted by molar-refractivity contribution is -0.125. The molecule has 0 aliphatic carbocycles. The van der Waals surface area contributed by atoms with Crippen LogP contribution in [0, 0.1) is 3.57 Å². The fraction of sp³-hybridized carbons (Fsp3) is 0.429. The molecule has 0 unspecified atom stereocenters. The van der Waals surface area contributed by atoms with E-state index in [9.17, 15) is 9.59 Å². The van der Waals surface area contributed by atoms with Crippen LogP contribution in [0.2, 0.25) is 0 Å². The van der Waals surface area contributed by atoms with Crippen molar-refractivity contribution < 1.29 is 14.3 Å². The Morgan fingerprint density at radius 1 is 1.40 bits per heavy atom. The first-order valence-electron chi connectivity index (χ1n) is 6.28. The molecule has 0 aromatic heterocycles. The van der Waals surface area contributed by atoms with Crippen LogP contribution in [-0.4, -0.2) is 24.0 Å². The second kappa shape index (κ2) is 6.92. The number of nitrogens with two attached hydrogens (primary N) is 1. The van der Waals surface area contributed by atoms with Crippen LogP contribution in [-0.2, 0) is 9.53 Å². The van der Waals surface area contributed by atoms with Crippen LogP contribution >= 0.6 is 22.6 Å². The van der Waals surface area contributed by atoms with E-state index in [4.69, 9.17) is 10.5 Å². The van der Waals surface area contributed by atoms with Crippen molar-refractivity contribution in [2.75, 3.05) is 12.3 Å². The monoisotopic (exact) mass is 390 g/mol. The second-order valence-corrected chi connectivity index (χ2v) is 6.34. The molecule has 1 aromatic rings. The SMILES string of the molecule is CCC(C)(C)NC(=O)COC(=O)c1cc(I)ccc1N.